The topological polar surface area (TPSA) is 22.1 Å². The van der Waals surface area contributed by atoms with E-state index in [2.05, 4.69) is 4.98 Å². The molecule has 0 saturated carbocycles. The highest BCUT2D eigenvalue weighted by Crippen LogP contribution is 2.33. The van der Waals surface area contributed by atoms with Crippen LogP contribution < -0.4 is 0 Å². The van der Waals surface area contributed by atoms with Gasteiger partial charge in [0.1, 0.15) is 11.3 Å². The zero-order valence-electron chi connectivity index (χ0n) is 9.39. The molecule has 3 rings (SSSR count). The summed E-state index contributed by atoms with van der Waals surface area (Å²) in [7, 11) is 0. The van der Waals surface area contributed by atoms with Crippen LogP contribution in [-0.4, -0.2) is 11.6 Å². The van der Waals surface area contributed by atoms with Gasteiger partial charge in [-0.05, 0) is 18.6 Å². The van der Waals surface area contributed by atoms with Crippen LogP contribution in [0, 0.1) is 12.7 Å². The average Bonchev–Trinajstić information content (AvgIpc) is 2.34. The Morgan fingerprint density at radius 1 is 1.41 bits per heavy atom. The second kappa shape index (κ2) is 3.93. The number of hydrogen-bond acceptors (Lipinski definition) is 2. The molecule has 2 aromatic rings. The maximum Gasteiger partial charge on any atom is 0.149 e. The monoisotopic (exact) mass is 251 g/mol. The molecule has 0 saturated heterocycles. The Labute approximate surface area is 103 Å². The Morgan fingerprint density at radius 3 is 3.06 bits per heavy atom. The van der Waals surface area contributed by atoms with Crippen molar-refractivity contribution in [3.8, 4) is 0 Å². The van der Waals surface area contributed by atoms with Gasteiger partial charge in [-0.25, -0.2) is 9.37 Å². The molecule has 0 radical (unpaired) electrons. The van der Waals surface area contributed by atoms with Crippen molar-refractivity contribution in [2.75, 3.05) is 6.61 Å². The molecule has 1 aromatic heterocycles. The van der Waals surface area contributed by atoms with Crippen LogP contribution in [0.4, 0.5) is 4.39 Å². The summed E-state index contributed by atoms with van der Waals surface area (Å²) in [4.78, 5) is 4.40. The molecule has 1 aliphatic rings. The van der Waals surface area contributed by atoms with Gasteiger partial charge in [-0.15, -0.1) is 0 Å². The summed E-state index contributed by atoms with van der Waals surface area (Å²) in [5.41, 5.74) is 3.07. The molecular weight excluding hydrogens is 241 g/mol. The third-order valence-electron chi connectivity index (χ3n) is 3.15. The minimum atomic E-state index is -0.318. The van der Waals surface area contributed by atoms with Gasteiger partial charge in [0.15, 0.2) is 0 Å². The minimum absolute atomic E-state index is 0.318. The van der Waals surface area contributed by atoms with Gasteiger partial charge in [0, 0.05) is 17.4 Å². The largest absolute Gasteiger partial charge is 0.376 e. The molecule has 2 heterocycles. The highest BCUT2D eigenvalue weighted by atomic mass is 35.5. The molecule has 1 aliphatic heterocycles. The molecular formula is C13H11ClFNO. The maximum absolute atomic E-state index is 13.8. The third kappa shape index (κ3) is 1.61. The van der Waals surface area contributed by atoms with E-state index in [1.54, 1.807) is 6.07 Å². The van der Waals surface area contributed by atoms with Gasteiger partial charge in [-0.3, -0.25) is 0 Å². The summed E-state index contributed by atoms with van der Waals surface area (Å²) in [6.07, 6.45) is 0.693. The molecule has 4 heteroatoms. The van der Waals surface area contributed by atoms with Crippen LogP contribution in [0.15, 0.2) is 12.1 Å². The summed E-state index contributed by atoms with van der Waals surface area (Å²) in [6.45, 7) is 2.99. The smallest absolute Gasteiger partial charge is 0.149 e. The van der Waals surface area contributed by atoms with E-state index in [1.165, 1.54) is 6.07 Å². The number of benzene rings is 1. The Balaban J connectivity index is 2.44. The molecule has 0 atom stereocenters. The van der Waals surface area contributed by atoms with Crippen molar-refractivity contribution in [2.24, 2.45) is 0 Å². The highest BCUT2D eigenvalue weighted by molar-refractivity contribution is 6.36. The zero-order valence-corrected chi connectivity index (χ0v) is 10.1. The average molecular weight is 252 g/mol. The van der Waals surface area contributed by atoms with Gasteiger partial charge in [0.25, 0.3) is 0 Å². The van der Waals surface area contributed by atoms with E-state index in [-0.39, 0.29) is 5.82 Å². The van der Waals surface area contributed by atoms with Gasteiger partial charge in [-0.2, -0.15) is 0 Å². The molecule has 2 nitrogen and oxygen atoms in total. The van der Waals surface area contributed by atoms with Gasteiger partial charge < -0.3 is 4.74 Å². The van der Waals surface area contributed by atoms with Crippen LogP contribution in [0.5, 0.6) is 0 Å². The fourth-order valence-electron chi connectivity index (χ4n) is 2.23. The van der Waals surface area contributed by atoms with E-state index in [9.17, 15) is 4.39 Å². The molecule has 1 aromatic carbocycles. The SMILES string of the molecule is Cc1ccc(F)c2nc3c(c(Cl)c12)COCC3. The molecule has 17 heavy (non-hydrogen) atoms. The Hall–Kier alpha value is -1.19. The first-order chi connectivity index (χ1) is 8.18. The second-order valence-electron chi connectivity index (χ2n) is 4.24. The van der Waals surface area contributed by atoms with Gasteiger partial charge >= 0.3 is 0 Å². The first-order valence-electron chi connectivity index (χ1n) is 5.52. The minimum Gasteiger partial charge on any atom is -0.376 e. The van der Waals surface area contributed by atoms with E-state index in [0.717, 1.165) is 16.8 Å². The molecule has 0 spiro atoms. The fourth-order valence-corrected chi connectivity index (χ4v) is 2.63. The van der Waals surface area contributed by atoms with E-state index < -0.39 is 0 Å². The molecule has 0 bridgehead atoms. The van der Waals surface area contributed by atoms with Crippen LogP contribution in [0.1, 0.15) is 16.8 Å². The summed E-state index contributed by atoms with van der Waals surface area (Å²) in [5.74, 6) is -0.318. The van der Waals surface area contributed by atoms with Crippen molar-refractivity contribution in [1.82, 2.24) is 4.98 Å². The van der Waals surface area contributed by atoms with E-state index in [0.29, 0.717) is 35.6 Å². The second-order valence-corrected chi connectivity index (χ2v) is 4.62. The van der Waals surface area contributed by atoms with E-state index in [4.69, 9.17) is 16.3 Å². The predicted molar refractivity (Wildman–Crippen MR) is 64.8 cm³/mol. The Morgan fingerprint density at radius 2 is 2.24 bits per heavy atom. The lowest BCUT2D eigenvalue weighted by atomic mass is 10.0. The number of hydrogen-bond donors (Lipinski definition) is 0. The van der Waals surface area contributed by atoms with Crippen molar-refractivity contribution in [3.05, 3.63) is 39.8 Å². The van der Waals surface area contributed by atoms with Crippen molar-refractivity contribution in [3.63, 3.8) is 0 Å². The summed E-state index contributed by atoms with van der Waals surface area (Å²) >= 11 is 6.35. The van der Waals surface area contributed by atoms with Crippen molar-refractivity contribution in [2.45, 2.75) is 20.0 Å². The van der Waals surface area contributed by atoms with E-state index >= 15 is 0 Å². The Bertz CT molecular complexity index is 612. The number of halogens is 2. The summed E-state index contributed by atoms with van der Waals surface area (Å²) in [5, 5.41) is 1.29. The lowest BCUT2D eigenvalue weighted by molar-refractivity contribution is 0.109. The zero-order chi connectivity index (χ0) is 12.0. The summed E-state index contributed by atoms with van der Waals surface area (Å²) in [6, 6.07) is 3.16. The van der Waals surface area contributed by atoms with Crippen molar-refractivity contribution < 1.29 is 9.13 Å². The molecule has 0 fully saturated rings. The lowest BCUT2D eigenvalue weighted by Crippen LogP contribution is -2.13. The first kappa shape index (κ1) is 10.9. The van der Waals surface area contributed by atoms with E-state index in [1.807, 2.05) is 6.92 Å². The van der Waals surface area contributed by atoms with Crippen LogP contribution in [0.2, 0.25) is 5.02 Å². The van der Waals surface area contributed by atoms with Crippen molar-refractivity contribution >= 4 is 22.5 Å². The number of fused-ring (bicyclic) bond motifs is 2. The number of nitrogens with zero attached hydrogens (tertiary/aromatic N) is 1. The standard InChI is InChI=1S/C13H11ClFNO/c1-7-2-3-9(15)13-11(7)12(14)8-6-17-5-4-10(8)16-13/h2-3H,4-6H2,1H3. The number of pyridine rings is 1. The number of aromatic nitrogens is 1. The molecule has 0 aliphatic carbocycles. The normalized spacial score (nSPS) is 15.0. The lowest BCUT2D eigenvalue weighted by Gasteiger charge is -2.19. The van der Waals surface area contributed by atoms with Crippen LogP contribution in [-0.2, 0) is 17.8 Å². The van der Waals surface area contributed by atoms with Gasteiger partial charge in [-0.1, -0.05) is 17.7 Å². The highest BCUT2D eigenvalue weighted by Gasteiger charge is 2.19. The molecule has 0 unspecified atom stereocenters. The molecule has 0 N–H and O–H groups in total. The number of ether oxygens (including phenoxy) is 1. The predicted octanol–water partition coefficient (Wildman–Crippen LogP) is 3.41. The van der Waals surface area contributed by atoms with Crippen LogP contribution in [0.3, 0.4) is 0 Å². The third-order valence-corrected chi connectivity index (χ3v) is 3.56. The van der Waals surface area contributed by atoms with Gasteiger partial charge in [0.2, 0.25) is 0 Å². The maximum atomic E-state index is 13.8. The molecule has 88 valence electrons. The number of aryl methyl sites for hydroxylation is 1. The Kier molecular flexibility index (Phi) is 2.53. The van der Waals surface area contributed by atoms with Gasteiger partial charge in [0.05, 0.1) is 23.9 Å². The first-order valence-corrected chi connectivity index (χ1v) is 5.90. The van der Waals surface area contributed by atoms with Crippen LogP contribution >= 0.6 is 11.6 Å². The molecule has 0 amide bonds. The van der Waals surface area contributed by atoms with Crippen molar-refractivity contribution in [1.29, 1.82) is 0 Å². The summed E-state index contributed by atoms with van der Waals surface area (Å²) < 4.78 is 19.1. The quantitative estimate of drug-likeness (QED) is 0.716. The number of rotatable bonds is 0. The fraction of sp³-hybridized carbons (Fsp3) is 0.308. The van der Waals surface area contributed by atoms with Crippen LogP contribution in [0.25, 0.3) is 10.9 Å².